The Morgan fingerprint density at radius 3 is 2.17 bits per heavy atom. The number of ether oxygens (including phenoxy) is 1. The zero-order valence-corrected chi connectivity index (χ0v) is 15.1. The Labute approximate surface area is 143 Å². The zero-order chi connectivity index (χ0) is 17.2. The van der Waals surface area contributed by atoms with E-state index >= 15 is 0 Å². The molecule has 0 fully saturated rings. The molecule has 0 aromatic carbocycles. The molecule has 2 heteroatoms. The average molecular weight is 321 g/mol. The van der Waals surface area contributed by atoms with Crippen molar-refractivity contribution in [3.05, 3.63) is 37.5 Å². The average Bonchev–Trinajstić information content (AvgIpc) is 2.56. The van der Waals surface area contributed by atoms with Gasteiger partial charge in [-0.3, -0.25) is 0 Å². The molecule has 0 saturated heterocycles. The van der Waals surface area contributed by atoms with Crippen LogP contribution in [0.1, 0.15) is 84.0 Å². The first-order chi connectivity index (χ1) is 11.2. The minimum Gasteiger partial charge on any atom is -0.459 e. The highest BCUT2D eigenvalue weighted by molar-refractivity contribution is 5.81. The van der Waals surface area contributed by atoms with Crippen LogP contribution in [0, 0.1) is 0 Å². The van der Waals surface area contributed by atoms with Crippen molar-refractivity contribution in [2.45, 2.75) is 90.1 Å². The number of unbranched alkanes of at least 4 members (excludes halogenated alkanes) is 8. The molecule has 0 aromatic heterocycles. The van der Waals surface area contributed by atoms with Crippen LogP contribution in [0.2, 0.25) is 0 Å². The summed E-state index contributed by atoms with van der Waals surface area (Å²) >= 11 is 0. The minimum atomic E-state index is -0.278. The second kappa shape index (κ2) is 17.1. The Hall–Kier alpha value is -1.31. The molecule has 0 saturated carbocycles. The third-order valence-corrected chi connectivity index (χ3v) is 4.00. The van der Waals surface area contributed by atoms with Gasteiger partial charge in [-0.15, -0.1) is 0 Å². The number of esters is 1. The van der Waals surface area contributed by atoms with Gasteiger partial charge in [-0.1, -0.05) is 76.8 Å². The smallest absolute Gasteiger partial charge is 0.330 e. The minimum absolute atomic E-state index is 0.0767. The van der Waals surface area contributed by atoms with E-state index < -0.39 is 0 Å². The summed E-state index contributed by atoms with van der Waals surface area (Å²) in [7, 11) is 0. The van der Waals surface area contributed by atoms with Crippen molar-refractivity contribution < 1.29 is 9.53 Å². The third kappa shape index (κ3) is 15.4. The zero-order valence-electron chi connectivity index (χ0n) is 15.1. The van der Waals surface area contributed by atoms with E-state index in [0.29, 0.717) is 0 Å². The number of hydrogen-bond acceptors (Lipinski definition) is 2. The van der Waals surface area contributed by atoms with Gasteiger partial charge in [0.25, 0.3) is 0 Å². The fraction of sp³-hybridized carbons (Fsp3) is 0.667. The predicted molar refractivity (Wildman–Crippen MR) is 100 cm³/mol. The van der Waals surface area contributed by atoms with Gasteiger partial charge in [0.2, 0.25) is 0 Å². The number of rotatable bonds is 16. The van der Waals surface area contributed by atoms with Gasteiger partial charge in [0.15, 0.2) is 0 Å². The molecular formula is C21H36O2. The molecule has 0 spiro atoms. The molecule has 0 radical (unpaired) electrons. The molecule has 0 heterocycles. The molecule has 0 bridgehead atoms. The lowest BCUT2D eigenvalue weighted by atomic mass is 10.0. The van der Waals surface area contributed by atoms with Gasteiger partial charge in [-0.25, -0.2) is 4.79 Å². The summed E-state index contributed by atoms with van der Waals surface area (Å²) in [5.41, 5.74) is 0. The second-order valence-corrected chi connectivity index (χ2v) is 6.12. The summed E-state index contributed by atoms with van der Waals surface area (Å²) in [4.78, 5) is 11.4. The van der Waals surface area contributed by atoms with Gasteiger partial charge in [0, 0.05) is 6.08 Å². The summed E-state index contributed by atoms with van der Waals surface area (Å²) < 4.78 is 5.48. The lowest BCUT2D eigenvalue weighted by Crippen LogP contribution is -2.16. The third-order valence-electron chi connectivity index (χ3n) is 4.00. The molecule has 1 atom stereocenters. The molecule has 0 aliphatic heterocycles. The maximum atomic E-state index is 11.4. The quantitative estimate of drug-likeness (QED) is 0.140. The standard InChI is InChI=1S/C21H36O2/c1-4-7-9-11-12-13-14-15-17-19-20(23-21(22)6-3)18-16-10-8-5-2/h4,6-7,9,20H,1,3,5,8,10-19H2,2H3. The molecular weight excluding hydrogens is 284 g/mol. The largest absolute Gasteiger partial charge is 0.459 e. The van der Waals surface area contributed by atoms with Crippen molar-refractivity contribution in [1.29, 1.82) is 0 Å². The SMILES string of the molecule is C=CC=CCCCCCCCC(CCCCCC)OC(=O)C=C. The van der Waals surface area contributed by atoms with E-state index in [9.17, 15) is 4.79 Å². The monoisotopic (exact) mass is 320 g/mol. The van der Waals surface area contributed by atoms with Crippen LogP contribution in [0.25, 0.3) is 0 Å². The normalized spacial score (nSPS) is 12.2. The maximum Gasteiger partial charge on any atom is 0.330 e. The van der Waals surface area contributed by atoms with Crippen molar-refractivity contribution in [2.24, 2.45) is 0 Å². The molecule has 23 heavy (non-hydrogen) atoms. The number of carbonyl (C=O) groups excluding carboxylic acids is 1. The van der Waals surface area contributed by atoms with E-state index in [1.807, 2.05) is 12.2 Å². The summed E-state index contributed by atoms with van der Waals surface area (Å²) in [5.74, 6) is -0.278. The predicted octanol–water partition coefficient (Wildman–Crippen LogP) is 6.53. The molecule has 132 valence electrons. The van der Waals surface area contributed by atoms with Gasteiger partial charge < -0.3 is 4.74 Å². The number of hydrogen-bond donors (Lipinski definition) is 0. The van der Waals surface area contributed by atoms with Gasteiger partial charge in [0.1, 0.15) is 6.10 Å². The van der Waals surface area contributed by atoms with Crippen LogP contribution >= 0.6 is 0 Å². The van der Waals surface area contributed by atoms with Crippen LogP contribution in [-0.4, -0.2) is 12.1 Å². The number of allylic oxidation sites excluding steroid dienone is 3. The fourth-order valence-corrected chi connectivity index (χ4v) is 2.63. The van der Waals surface area contributed by atoms with Crippen LogP contribution in [0.4, 0.5) is 0 Å². The summed E-state index contributed by atoms with van der Waals surface area (Å²) in [5, 5.41) is 0. The van der Waals surface area contributed by atoms with Gasteiger partial charge in [-0.2, -0.15) is 0 Å². The van der Waals surface area contributed by atoms with Crippen LogP contribution < -0.4 is 0 Å². The van der Waals surface area contributed by atoms with E-state index in [1.54, 1.807) is 0 Å². The molecule has 0 rings (SSSR count). The van der Waals surface area contributed by atoms with E-state index in [-0.39, 0.29) is 12.1 Å². The van der Waals surface area contributed by atoms with E-state index in [2.05, 4.69) is 26.2 Å². The highest BCUT2D eigenvalue weighted by Gasteiger charge is 2.12. The van der Waals surface area contributed by atoms with Crippen LogP contribution in [0.15, 0.2) is 37.5 Å². The van der Waals surface area contributed by atoms with Gasteiger partial charge in [-0.05, 0) is 38.5 Å². The number of carbonyl (C=O) groups is 1. The molecule has 0 N–H and O–H groups in total. The van der Waals surface area contributed by atoms with Crippen molar-refractivity contribution >= 4 is 5.97 Å². The molecule has 0 aliphatic rings. The van der Waals surface area contributed by atoms with Gasteiger partial charge >= 0.3 is 5.97 Å². The van der Waals surface area contributed by atoms with Crippen LogP contribution in [0.5, 0.6) is 0 Å². The Bertz CT molecular complexity index is 331. The maximum absolute atomic E-state index is 11.4. The van der Waals surface area contributed by atoms with Gasteiger partial charge in [0.05, 0.1) is 0 Å². The van der Waals surface area contributed by atoms with Crippen molar-refractivity contribution in [2.75, 3.05) is 0 Å². The molecule has 0 aliphatic carbocycles. The first-order valence-electron chi connectivity index (χ1n) is 9.35. The Morgan fingerprint density at radius 2 is 1.57 bits per heavy atom. The summed E-state index contributed by atoms with van der Waals surface area (Å²) in [6.45, 7) is 9.36. The first-order valence-corrected chi connectivity index (χ1v) is 9.35. The Morgan fingerprint density at radius 1 is 0.957 bits per heavy atom. The molecule has 2 nitrogen and oxygen atoms in total. The lowest BCUT2D eigenvalue weighted by molar-refractivity contribution is -0.143. The molecule has 0 amide bonds. The fourth-order valence-electron chi connectivity index (χ4n) is 2.63. The molecule has 0 aromatic rings. The highest BCUT2D eigenvalue weighted by atomic mass is 16.5. The van der Waals surface area contributed by atoms with Crippen molar-refractivity contribution in [1.82, 2.24) is 0 Å². The Balaban J connectivity index is 3.76. The highest BCUT2D eigenvalue weighted by Crippen LogP contribution is 2.16. The van der Waals surface area contributed by atoms with E-state index in [1.165, 1.54) is 51.0 Å². The Kier molecular flexibility index (Phi) is 16.1. The lowest BCUT2D eigenvalue weighted by Gasteiger charge is -2.17. The van der Waals surface area contributed by atoms with E-state index in [4.69, 9.17) is 4.74 Å². The van der Waals surface area contributed by atoms with Crippen molar-refractivity contribution in [3.63, 3.8) is 0 Å². The topological polar surface area (TPSA) is 26.3 Å². The van der Waals surface area contributed by atoms with E-state index in [0.717, 1.165) is 32.1 Å². The van der Waals surface area contributed by atoms with Crippen molar-refractivity contribution in [3.8, 4) is 0 Å². The first kappa shape index (κ1) is 21.7. The summed E-state index contributed by atoms with van der Waals surface area (Å²) in [6.07, 6.45) is 21.5. The molecule has 1 unspecified atom stereocenters. The second-order valence-electron chi connectivity index (χ2n) is 6.12. The summed E-state index contributed by atoms with van der Waals surface area (Å²) in [6, 6.07) is 0. The van der Waals surface area contributed by atoms with Crippen LogP contribution in [0.3, 0.4) is 0 Å². The van der Waals surface area contributed by atoms with Crippen LogP contribution in [-0.2, 0) is 9.53 Å².